The number of hydrogen-bond donors (Lipinski definition) is 0. The summed E-state index contributed by atoms with van der Waals surface area (Å²) in [6.45, 7) is 0. The summed E-state index contributed by atoms with van der Waals surface area (Å²) < 4.78 is 9.14. The molecular formula is C64H36N6. The van der Waals surface area contributed by atoms with Gasteiger partial charge in [-0.3, -0.25) is 0 Å². The topological polar surface area (TPSA) is 67.3 Å². The van der Waals surface area contributed by atoms with Crippen LogP contribution in [-0.4, -0.2) is 18.3 Å². The van der Waals surface area contributed by atoms with Gasteiger partial charge in [0.15, 0.2) is 0 Å². The molecule has 4 aromatic heterocycles. The van der Waals surface area contributed by atoms with E-state index in [1.807, 2.05) is 12.1 Å². The van der Waals surface area contributed by atoms with Crippen molar-refractivity contribution in [2.75, 3.05) is 0 Å². The lowest BCUT2D eigenvalue weighted by Gasteiger charge is -2.16. The van der Waals surface area contributed by atoms with Crippen LogP contribution in [0, 0.1) is 22.7 Å². The van der Waals surface area contributed by atoms with Crippen LogP contribution < -0.4 is 0 Å². The van der Waals surface area contributed by atoms with Crippen LogP contribution in [0.2, 0.25) is 0 Å². The molecule has 0 atom stereocenters. The van der Waals surface area contributed by atoms with Crippen molar-refractivity contribution >= 4 is 109 Å². The highest BCUT2D eigenvalue weighted by molar-refractivity contribution is 6.35. The third-order valence-electron chi connectivity index (χ3n) is 14.8. The monoisotopic (exact) mass is 888 g/mol. The Morgan fingerprint density at radius 2 is 0.571 bits per heavy atom. The van der Waals surface area contributed by atoms with Gasteiger partial charge in [0, 0.05) is 54.5 Å². The van der Waals surface area contributed by atoms with Crippen LogP contribution in [0.1, 0.15) is 11.1 Å². The van der Waals surface area contributed by atoms with Crippen LogP contribution in [0.25, 0.3) is 132 Å². The lowest BCUT2D eigenvalue weighted by atomic mass is 10.0. The van der Waals surface area contributed by atoms with Crippen LogP contribution in [0.4, 0.5) is 0 Å². The van der Waals surface area contributed by atoms with E-state index in [0.717, 1.165) is 120 Å². The second kappa shape index (κ2) is 14.3. The molecule has 6 nitrogen and oxygen atoms in total. The molecule has 0 aliphatic rings. The fraction of sp³-hybridized carbons (Fsp3) is 0. The van der Waals surface area contributed by atoms with Crippen molar-refractivity contribution in [3.63, 3.8) is 0 Å². The van der Waals surface area contributed by atoms with E-state index in [2.05, 4.69) is 237 Å². The molecule has 4 heterocycles. The molecule has 15 rings (SSSR count). The average molecular weight is 889 g/mol. The predicted molar refractivity (Wildman–Crippen MR) is 288 cm³/mol. The molecule has 6 heteroatoms. The average Bonchev–Trinajstić information content (AvgIpc) is 4.16. The first-order chi connectivity index (χ1) is 34.7. The van der Waals surface area contributed by atoms with Crippen LogP contribution in [0.3, 0.4) is 0 Å². The van der Waals surface area contributed by atoms with Gasteiger partial charge in [-0.1, -0.05) is 133 Å². The molecule has 70 heavy (non-hydrogen) atoms. The van der Waals surface area contributed by atoms with E-state index in [9.17, 15) is 10.5 Å². The molecule has 11 aromatic carbocycles. The number of nitriles is 2. The summed E-state index contributed by atoms with van der Waals surface area (Å²) in [6, 6.07) is 82.1. The maximum atomic E-state index is 11.4. The van der Waals surface area contributed by atoms with Crippen LogP contribution in [-0.2, 0) is 0 Å². The van der Waals surface area contributed by atoms with Gasteiger partial charge in [-0.25, -0.2) is 0 Å². The van der Waals surface area contributed by atoms with Gasteiger partial charge in [0.2, 0.25) is 0 Å². The van der Waals surface area contributed by atoms with E-state index >= 15 is 0 Å². The minimum absolute atomic E-state index is 0.463. The lowest BCUT2D eigenvalue weighted by molar-refractivity contribution is 1.12. The number of fused-ring (bicyclic) bond motifs is 18. The molecule has 0 fully saturated rings. The fourth-order valence-electron chi connectivity index (χ4n) is 12.0. The van der Waals surface area contributed by atoms with Gasteiger partial charge in [0.25, 0.3) is 0 Å². The zero-order chi connectivity index (χ0) is 46.2. The molecule has 0 N–H and O–H groups in total. The third-order valence-corrected chi connectivity index (χ3v) is 14.8. The zero-order valence-corrected chi connectivity index (χ0v) is 37.5. The summed E-state index contributed by atoms with van der Waals surface area (Å²) in [5, 5.41) is 36.4. The van der Waals surface area contributed by atoms with E-state index in [1.165, 1.54) is 0 Å². The molecule has 15 aromatic rings. The minimum atomic E-state index is 0.463. The molecule has 322 valence electrons. The summed E-state index contributed by atoms with van der Waals surface area (Å²) in [4.78, 5) is 0. The highest BCUT2D eigenvalue weighted by Gasteiger charge is 2.27. The Hall–Kier alpha value is -9.88. The van der Waals surface area contributed by atoms with Crippen LogP contribution >= 0.6 is 0 Å². The van der Waals surface area contributed by atoms with Gasteiger partial charge >= 0.3 is 0 Å². The van der Waals surface area contributed by atoms with Crippen LogP contribution in [0.15, 0.2) is 218 Å². The standard InChI is InChI=1S/C64H36N6/c65-37-41-36-58(70-54-30-28-40-16-8-10-22-46(40)60(54)64-56(70)34-32-52-62(64)48-24-12-14-26-50(48)68(52)44-19-5-2-6-20-44)42(38-66)35-57(41)69-53-29-27-39-15-7-9-21-45(39)59(53)63-55(69)33-31-51-61(63)47-23-11-13-25-49(47)67(51)43-17-3-1-4-18-43/h1-36H. The van der Waals surface area contributed by atoms with Gasteiger partial charge < -0.3 is 18.3 Å². The highest BCUT2D eigenvalue weighted by atomic mass is 15.0. The first kappa shape index (κ1) is 38.2. The summed E-state index contributed by atoms with van der Waals surface area (Å²) in [7, 11) is 0. The summed E-state index contributed by atoms with van der Waals surface area (Å²) in [5.41, 5.74) is 12.7. The Balaban J connectivity index is 1.06. The number of para-hydroxylation sites is 4. The second-order valence-corrected chi connectivity index (χ2v) is 18.2. The molecule has 0 saturated heterocycles. The number of benzene rings is 11. The molecule has 0 spiro atoms. The quantitative estimate of drug-likeness (QED) is 0.177. The van der Waals surface area contributed by atoms with Crippen molar-refractivity contribution in [1.82, 2.24) is 18.3 Å². The van der Waals surface area contributed by atoms with Crippen LogP contribution in [0.5, 0.6) is 0 Å². The number of hydrogen-bond acceptors (Lipinski definition) is 2. The summed E-state index contributed by atoms with van der Waals surface area (Å²) >= 11 is 0. The second-order valence-electron chi connectivity index (χ2n) is 18.2. The molecule has 0 bridgehead atoms. The Bertz CT molecular complexity index is 4530. The summed E-state index contributed by atoms with van der Waals surface area (Å²) in [6.07, 6.45) is 0. The Morgan fingerprint density at radius 3 is 0.986 bits per heavy atom. The summed E-state index contributed by atoms with van der Waals surface area (Å²) in [5.74, 6) is 0. The number of rotatable bonds is 4. The molecule has 0 unspecified atom stereocenters. The first-order valence-corrected chi connectivity index (χ1v) is 23.6. The fourth-order valence-corrected chi connectivity index (χ4v) is 12.0. The van der Waals surface area contributed by atoms with E-state index in [4.69, 9.17) is 0 Å². The third kappa shape index (κ3) is 5.03. The SMILES string of the molecule is N#Cc1cc(-n2c3ccc4ccccc4c3c3c4c5ccccc5n(-c5ccccc5)c4ccc32)c(C#N)cc1-n1c2ccc3ccccc3c2c2c3c4ccccc4n(-c4ccccc4)c3ccc21. The molecule has 0 aliphatic heterocycles. The molecule has 0 aliphatic carbocycles. The predicted octanol–water partition coefficient (Wildman–Crippen LogP) is 16.1. The van der Waals surface area contributed by atoms with Gasteiger partial charge in [-0.15, -0.1) is 0 Å². The van der Waals surface area contributed by atoms with Crippen molar-refractivity contribution in [2.24, 2.45) is 0 Å². The normalized spacial score (nSPS) is 12.0. The largest absolute Gasteiger partial charge is 0.309 e. The maximum absolute atomic E-state index is 11.4. The minimum Gasteiger partial charge on any atom is -0.309 e. The van der Waals surface area contributed by atoms with Crippen molar-refractivity contribution < 1.29 is 0 Å². The van der Waals surface area contributed by atoms with Crippen molar-refractivity contribution in [3.05, 3.63) is 230 Å². The first-order valence-electron chi connectivity index (χ1n) is 23.6. The Kier molecular flexibility index (Phi) is 7.82. The van der Waals surface area contributed by atoms with E-state index in [-0.39, 0.29) is 0 Å². The molecule has 0 saturated carbocycles. The number of aromatic nitrogens is 4. The lowest BCUT2D eigenvalue weighted by Crippen LogP contribution is -2.04. The smallest absolute Gasteiger partial charge is 0.101 e. The van der Waals surface area contributed by atoms with Gasteiger partial charge in [-0.2, -0.15) is 10.5 Å². The molecular weight excluding hydrogens is 853 g/mol. The van der Waals surface area contributed by atoms with Gasteiger partial charge in [-0.05, 0) is 106 Å². The Labute approximate surface area is 400 Å². The van der Waals surface area contributed by atoms with Crippen molar-refractivity contribution in [1.29, 1.82) is 10.5 Å². The molecule has 0 radical (unpaired) electrons. The zero-order valence-electron chi connectivity index (χ0n) is 37.5. The van der Waals surface area contributed by atoms with Gasteiger partial charge in [0.05, 0.1) is 66.6 Å². The highest BCUT2D eigenvalue weighted by Crippen LogP contribution is 2.48. The van der Waals surface area contributed by atoms with Gasteiger partial charge in [0.1, 0.15) is 12.1 Å². The van der Waals surface area contributed by atoms with E-state index in [0.29, 0.717) is 22.5 Å². The molecule has 0 amide bonds. The van der Waals surface area contributed by atoms with E-state index < -0.39 is 0 Å². The van der Waals surface area contributed by atoms with E-state index in [1.54, 1.807) is 0 Å². The Morgan fingerprint density at radius 1 is 0.257 bits per heavy atom. The maximum Gasteiger partial charge on any atom is 0.101 e. The van der Waals surface area contributed by atoms with Crippen molar-refractivity contribution in [2.45, 2.75) is 0 Å². The van der Waals surface area contributed by atoms with Crippen molar-refractivity contribution in [3.8, 4) is 34.9 Å². The number of nitrogens with zero attached hydrogens (tertiary/aromatic N) is 6.